The summed E-state index contributed by atoms with van der Waals surface area (Å²) in [7, 11) is 0. The van der Waals surface area contributed by atoms with E-state index in [2.05, 4.69) is 65.5 Å². The van der Waals surface area contributed by atoms with Crippen LogP contribution in [0.15, 0.2) is 132 Å². The van der Waals surface area contributed by atoms with E-state index in [-0.39, 0.29) is 0 Å². The van der Waals surface area contributed by atoms with E-state index in [4.69, 9.17) is 25.9 Å². The van der Waals surface area contributed by atoms with Gasteiger partial charge in [0.15, 0.2) is 23.2 Å². The van der Waals surface area contributed by atoms with E-state index in [9.17, 15) is 5.26 Å². The van der Waals surface area contributed by atoms with Gasteiger partial charge in [0.2, 0.25) is 0 Å². The van der Waals surface area contributed by atoms with Crippen molar-refractivity contribution in [2.75, 3.05) is 0 Å². The summed E-state index contributed by atoms with van der Waals surface area (Å²) in [5.74, 6) is 1.47. The monoisotopic (exact) mass is 575 g/mol. The van der Waals surface area contributed by atoms with Crippen LogP contribution in [0.1, 0.15) is 5.56 Å². The molecule has 0 amide bonds. The molecule has 0 bridgehead atoms. The predicted molar refractivity (Wildman–Crippen MR) is 177 cm³/mol. The molecule has 8 rings (SSSR count). The summed E-state index contributed by atoms with van der Waals surface area (Å²) in [6.45, 7) is 7.32. The van der Waals surface area contributed by atoms with E-state index in [1.807, 2.05) is 48.5 Å². The van der Waals surface area contributed by atoms with Crippen LogP contribution in [0, 0.1) is 17.9 Å². The Labute approximate surface area is 258 Å². The number of nitrogens with zero attached hydrogens (tertiary/aromatic N) is 5. The van der Waals surface area contributed by atoms with Crippen LogP contribution in [0.25, 0.3) is 82.8 Å². The minimum atomic E-state index is 0.483. The van der Waals surface area contributed by atoms with Crippen LogP contribution in [-0.4, -0.2) is 15.0 Å². The summed E-state index contributed by atoms with van der Waals surface area (Å²) in [4.78, 5) is 18.2. The molecule has 2 heterocycles. The average Bonchev–Trinajstić information content (AvgIpc) is 3.49. The molecule has 0 N–H and O–H groups in total. The number of rotatable bonds is 4. The van der Waals surface area contributed by atoms with Gasteiger partial charge in [-0.05, 0) is 70.4 Å². The number of furan rings is 1. The number of aromatic nitrogens is 3. The van der Waals surface area contributed by atoms with Crippen molar-refractivity contribution in [2.45, 2.75) is 0 Å². The zero-order chi connectivity index (χ0) is 30.3. The van der Waals surface area contributed by atoms with E-state index in [1.54, 1.807) is 24.3 Å². The maximum absolute atomic E-state index is 9.30. The maximum Gasteiger partial charge on any atom is 0.187 e. The van der Waals surface area contributed by atoms with E-state index < -0.39 is 0 Å². The molecule has 0 aliphatic rings. The normalized spacial score (nSPS) is 11.1. The fourth-order valence-electron chi connectivity index (χ4n) is 5.69. The lowest BCUT2D eigenvalue weighted by Crippen LogP contribution is -2.00. The molecule has 0 aliphatic carbocycles. The van der Waals surface area contributed by atoms with Crippen LogP contribution in [0.3, 0.4) is 0 Å². The molecule has 0 unspecified atom stereocenters. The Morgan fingerprint density at radius 3 is 1.96 bits per heavy atom. The van der Waals surface area contributed by atoms with Crippen molar-refractivity contribution in [1.29, 1.82) is 5.26 Å². The fraction of sp³-hybridized carbons (Fsp3) is 0. The van der Waals surface area contributed by atoms with Crippen LogP contribution in [0.4, 0.5) is 5.69 Å². The lowest BCUT2D eigenvalue weighted by Gasteiger charge is -2.09. The maximum atomic E-state index is 9.30. The SMILES string of the molecule is [C-]#[N+]c1ccc(-c2nc(-c3ccc(C#N)cc3)nc(-c3cccc4oc5cc(-c6ccc7ccccc7c6)ccc5c34)n2)cc1. The van der Waals surface area contributed by atoms with Crippen LogP contribution in [-0.2, 0) is 0 Å². The topological polar surface area (TPSA) is 80.0 Å². The Bertz CT molecular complexity index is 2420. The molecule has 8 aromatic rings. The van der Waals surface area contributed by atoms with Crippen molar-refractivity contribution in [3.8, 4) is 51.4 Å². The third-order valence-electron chi connectivity index (χ3n) is 7.98. The molecule has 0 spiro atoms. The van der Waals surface area contributed by atoms with Crippen molar-refractivity contribution in [3.05, 3.63) is 144 Å². The van der Waals surface area contributed by atoms with Gasteiger partial charge in [-0.15, -0.1) is 0 Å². The number of hydrogen-bond donors (Lipinski definition) is 0. The molecule has 0 radical (unpaired) electrons. The van der Waals surface area contributed by atoms with Gasteiger partial charge >= 0.3 is 0 Å². The lowest BCUT2D eigenvalue weighted by atomic mass is 9.99. The van der Waals surface area contributed by atoms with Crippen LogP contribution < -0.4 is 0 Å². The van der Waals surface area contributed by atoms with Gasteiger partial charge < -0.3 is 4.42 Å². The number of benzene rings is 6. The highest BCUT2D eigenvalue weighted by Crippen LogP contribution is 2.38. The molecule has 0 saturated carbocycles. The predicted octanol–water partition coefficient (Wildman–Crippen LogP) is 10.0. The van der Waals surface area contributed by atoms with Crippen LogP contribution in [0.5, 0.6) is 0 Å². The zero-order valence-corrected chi connectivity index (χ0v) is 23.8. The lowest BCUT2D eigenvalue weighted by molar-refractivity contribution is 0.669. The van der Waals surface area contributed by atoms with Crippen molar-refractivity contribution in [2.24, 2.45) is 0 Å². The van der Waals surface area contributed by atoms with Crippen molar-refractivity contribution in [3.63, 3.8) is 0 Å². The van der Waals surface area contributed by atoms with Gasteiger partial charge in [-0.2, -0.15) is 5.26 Å². The number of nitriles is 1. The van der Waals surface area contributed by atoms with Gasteiger partial charge in [-0.25, -0.2) is 19.8 Å². The second-order valence-corrected chi connectivity index (χ2v) is 10.7. The quantitative estimate of drug-likeness (QED) is 0.195. The molecule has 208 valence electrons. The van der Waals surface area contributed by atoms with E-state index in [0.717, 1.165) is 49.8 Å². The summed E-state index contributed by atoms with van der Waals surface area (Å²) in [6.07, 6.45) is 0. The van der Waals surface area contributed by atoms with Gasteiger partial charge in [-0.3, -0.25) is 0 Å². The molecule has 0 atom stereocenters. The molecule has 0 fully saturated rings. The van der Waals surface area contributed by atoms with E-state index >= 15 is 0 Å². The Morgan fingerprint density at radius 1 is 0.578 bits per heavy atom. The Hall–Kier alpha value is -6.63. The highest BCUT2D eigenvalue weighted by molar-refractivity contribution is 6.12. The summed E-state index contributed by atoms with van der Waals surface area (Å²) >= 11 is 0. The van der Waals surface area contributed by atoms with E-state index in [0.29, 0.717) is 28.7 Å². The molecule has 6 nitrogen and oxygen atoms in total. The zero-order valence-electron chi connectivity index (χ0n) is 23.8. The molecule has 0 aliphatic heterocycles. The van der Waals surface area contributed by atoms with Crippen molar-refractivity contribution in [1.82, 2.24) is 15.0 Å². The molecule has 2 aromatic heterocycles. The summed E-state index contributed by atoms with van der Waals surface area (Å²) < 4.78 is 6.42. The summed E-state index contributed by atoms with van der Waals surface area (Å²) in [5.41, 5.74) is 7.16. The first-order chi connectivity index (χ1) is 22.2. The molecule has 45 heavy (non-hydrogen) atoms. The minimum Gasteiger partial charge on any atom is -0.456 e. The minimum absolute atomic E-state index is 0.483. The second kappa shape index (κ2) is 10.6. The van der Waals surface area contributed by atoms with E-state index in [1.165, 1.54) is 10.8 Å². The Kier molecular flexibility index (Phi) is 6.12. The van der Waals surface area contributed by atoms with Crippen molar-refractivity contribution >= 4 is 38.4 Å². The van der Waals surface area contributed by atoms with Gasteiger partial charge in [0.25, 0.3) is 0 Å². The summed E-state index contributed by atoms with van der Waals surface area (Å²) in [6, 6.07) is 43.6. The smallest absolute Gasteiger partial charge is 0.187 e. The molecular formula is C39H21N5O. The molecule has 0 saturated heterocycles. The van der Waals surface area contributed by atoms with Gasteiger partial charge in [-0.1, -0.05) is 78.9 Å². The van der Waals surface area contributed by atoms with Crippen molar-refractivity contribution < 1.29 is 4.42 Å². The third kappa shape index (κ3) is 4.64. The second-order valence-electron chi connectivity index (χ2n) is 10.7. The van der Waals surface area contributed by atoms with Gasteiger partial charge in [0, 0.05) is 27.5 Å². The number of fused-ring (bicyclic) bond motifs is 4. The van der Waals surface area contributed by atoms with Gasteiger partial charge in [0.1, 0.15) is 11.2 Å². The third-order valence-corrected chi connectivity index (χ3v) is 7.98. The van der Waals surface area contributed by atoms with Crippen LogP contribution >= 0.6 is 0 Å². The molecule has 6 heteroatoms. The fourth-order valence-corrected chi connectivity index (χ4v) is 5.69. The summed E-state index contributed by atoms with van der Waals surface area (Å²) in [5, 5.41) is 13.6. The van der Waals surface area contributed by atoms with Gasteiger partial charge in [0.05, 0.1) is 18.2 Å². The average molecular weight is 576 g/mol. The molecule has 6 aromatic carbocycles. The standard InChI is InChI=1S/C39H21N5O/c1-41-31-18-15-27(16-19-31)38-42-37(26-11-9-24(23-40)10-12-26)43-39(44-38)33-7-4-8-34-36(33)32-20-17-30(22-35(32)45-34)29-14-13-25-5-2-3-6-28(25)21-29/h2-22H. The number of hydrogen-bond acceptors (Lipinski definition) is 5. The Morgan fingerprint density at radius 2 is 1.22 bits per heavy atom. The highest BCUT2D eigenvalue weighted by Gasteiger charge is 2.18. The Balaban J connectivity index is 1.30. The first kappa shape index (κ1) is 26.0. The van der Waals surface area contributed by atoms with Crippen LogP contribution in [0.2, 0.25) is 0 Å². The largest absolute Gasteiger partial charge is 0.456 e. The highest BCUT2D eigenvalue weighted by atomic mass is 16.3. The first-order valence-corrected chi connectivity index (χ1v) is 14.4. The molecular weight excluding hydrogens is 554 g/mol. The first-order valence-electron chi connectivity index (χ1n) is 14.4.